The molecule has 1 saturated carbocycles. The molecule has 20 heavy (non-hydrogen) atoms. The maximum atomic E-state index is 11.3. The minimum absolute atomic E-state index is 0.0476. The average molecular weight is 297 g/mol. The molecule has 1 aromatic carbocycles. The van der Waals surface area contributed by atoms with Crippen molar-refractivity contribution in [2.24, 2.45) is 17.0 Å². The van der Waals surface area contributed by atoms with Crippen LogP contribution in [0.5, 0.6) is 0 Å². The van der Waals surface area contributed by atoms with Crippen LogP contribution in [0.25, 0.3) is 0 Å². The number of hydrogen-bond acceptors (Lipinski definition) is 4. The monoisotopic (exact) mass is 297 g/mol. The Hall–Kier alpha value is -1.27. The lowest BCUT2D eigenvalue weighted by molar-refractivity contribution is 0.392. The van der Waals surface area contributed by atoms with Crippen LogP contribution in [0.15, 0.2) is 23.1 Å². The first-order chi connectivity index (χ1) is 9.32. The number of anilines is 2. The molecule has 3 atom stereocenters. The highest BCUT2D eigenvalue weighted by Gasteiger charge is 2.31. The molecule has 6 heteroatoms. The highest BCUT2D eigenvalue weighted by molar-refractivity contribution is 7.89. The first-order valence-corrected chi connectivity index (χ1v) is 8.56. The molecule has 1 aromatic rings. The predicted octanol–water partition coefficient (Wildman–Crippen LogP) is 2.15. The quantitative estimate of drug-likeness (QED) is 0.742. The van der Waals surface area contributed by atoms with E-state index in [1.165, 1.54) is 25.0 Å². The zero-order valence-corrected chi connectivity index (χ0v) is 12.8. The first kappa shape index (κ1) is 15.1. The minimum atomic E-state index is -3.70. The second-order valence-electron chi connectivity index (χ2n) is 5.65. The van der Waals surface area contributed by atoms with Gasteiger partial charge in [0.15, 0.2) is 0 Å². The summed E-state index contributed by atoms with van der Waals surface area (Å²) < 4.78 is 22.6. The van der Waals surface area contributed by atoms with Crippen LogP contribution < -0.4 is 16.2 Å². The highest BCUT2D eigenvalue weighted by Crippen LogP contribution is 2.36. The molecule has 1 aliphatic rings. The summed E-state index contributed by atoms with van der Waals surface area (Å²) in [7, 11) is -3.70. The molecule has 5 N–H and O–H groups in total. The molecule has 0 aromatic heterocycles. The molecule has 2 rings (SSSR count). The number of primary sulfonamides is 1. The minimum Gasteiger partial charge on any atom is -0.397 e. The maximum absolute atomic E-state index is 11.3. The summed E-state index contributed by atoms with van der Waals surface area (Å²) in [6.45, 7) is 4.48. The molecule has 0 saturated heterocycles. The van der Waals surface area contributed by atoms with E-state index in [4.69, 9.17) is 10.9 Å². The summed E-state index contributed by atoms with van der Waals surface area (Å²) >= 11 is 0. The van der Waals surface area contributed by atoms with Gasteiger partial charge in [-0.2, -0.15) is 0 Å². The Labute approximate surface area is 120 Å². The summed E-state index contributed by atoms with van der Waals surface area (Å²) in [5, 5.41) is 8.54. The smallest absolute Gasteiger partial charge is 0.238 e. The van der Waals surface area contributed by atoms with E-state index in [-0.39, 0.29) is 4.90 Å². The van der Waals surface area contributed by atoms with Gasteiger partial charge in [-0.05, 0) is 42.9 Å². The Kier molecular flexibility index (Phi) is 4.25. The standard InChI is InChI=1S/C14H23N3O2S/c1-3-10-4-6-13(9(10)2)17-14-7-5-11(8-12(14)15)20(16,18)19/h5,7-10,13,17H,3-4,6,15H2,1-2H3,(H2,16,18,19). The van der Waals surface area contributed by atoms with E-state index in [0.717, 1.165) is 18.0 Å². The van der Waals surface area contributed by atoms with Crippen LogP contribution >= 0.6 is 0 Å². The number of hydrogen-bond donors (Lipinski definition) is 3. The summed E-state index contributed by atoms with van der Waals surface area (Å²) in [5.74, 6) is 1.34. The summed E-state index contributed by atoms with van der Waals surface area (Å²) in [6.07, 6.45) is 3.54. The van der Waals surface area contributed by atoms with Crippen molar-refractivity contribution in [1.29, 1.82) is 0 Å². The zero-order chi connectivity index (χ0) is 14.9. The largest absolute Gasteiger partial charge is 0.397 e. The molecule has 0 aliphatic heterocycles. The van der Waals surface area contributed by atoms with E-state index >= 15 is 0 Å². The van der Waals surface area contributed by atoms with Gasteiger partial charge in [0.05, 0.1) is 16.3 Å². The Bertz CT molecular complexity index is 586. The molecular formula is C14H23N3O2S. The van der Waals surface area contributed by atoms with E-state index < -0.39 is 10.0 Å². The molecule has 5 nitrogen and oxygen atoms in total. The Morgan fingerprint density at radius 1 is 1.35 bits per heavy atom. The van der Waals surface area contributed by atoms with Crippen molar-refractivity contribution in [3.8, 4) is 0 Å². The van der Waals surface area contributed by atoms with Crippen molar-refractivity contribution in [2.75, 3.05) is 11.1 Å². The van der Waals surface area contributed by atoms with E-state index in [1.807, 2.05) is 0 Å². The Morgan fingerprint density at radius 3 is 2.55 bits per heavy atom. The normalized spacial score (nSPS) is 26.6. The molecule has 0 spiro atoms. The van der Waals surface area contributed by atoms with Gasteiger partial charge < -0.3 is 11.1 Å². The van der Waals surface area contributed by atoms with Gasteiger partial charge in [-0.25, -0.2) is 13.6 Å². The lowest BCUT2D eigenvalue weighted by atomic mass is 9.93. The molecule has 0 heterocycles. The molecule has 0 radical (unpaired) electrons. The number of benzene rings is 1. The molecule has 1 aliphatic carbocycles. The van der Waals surface area contributed by atoms with Gasteiger partial charge in [0, 0.05) is 6.04 Å². The van der Waals surface area contributed by atoms with E-state index in [2.05, 4.69) is 19.2 Å². The third kappa shape index (κ3) is 3.07. The van der Waals surface area contributed by atoms with Crippen molar-refractivity contribution < 1.29 is 8.42 Å². The van der Waals surface area contributed by atoms with Crippen LogP contribution in [0.3, 0.4) is 0 Å². The van der Waals surface area contributed by atoms with Gasteiger partial charge in [-0.1, -0.05) is 20.3 Å². The lowest BCUT2D eigenvalue weighted by Crippen LogP contribution is -2.25. The highest BCUT2D eigenvalue weighted by atomic mass is 32.2. The van der Waals surface area contributed by atoms with Gasteiger partial charge >= 0.3 is 0 Å². The molecule has 0 amide bonds. The molecule has 0 bridgehead atoms. The van der Waals surface area contributed by atoms with E-state index in [0.29, 0.717) is 17.6 Å². The lowest BCUT2D eigenvalue weighted by Gasteiger charge is -2.23. The topological polar surface area (TPSA) is 98.2 Å². The van der Waals surface area contributed by atoms with Crippen LogP contribution in [0.1, 0.15) is 33.1 Å². The number of sulfonamides is 1. The number of nitrogens with one attached hydrogen (secondary N) is 1. The van der Waals surface area contributed by atoms with Crippen molar-refractivity contribution >= 4 is 21.4 Å². The van der Waals surface area contributed by atoms with E-state index in [1.54, 1.807) is 6.07 Å². The van der Waals surface area contributed by atoms with Crippen molar-refractivity contribution in [2.45, 2.75) is 44.0 Å². The number of rotatable bonds is 4. The zero-order valence-electron chi connectivity index (χ0n) is 12.0. The molecule has 1 fully saturated rings. The fraction of sp³-hybridized carbons (Fsp3) is 0.571. The van der Waals surface area contributed by atoms with Crippen molar-refractivity contribution in [3.05, 3.63) is 18.2 Å². The van der Waals surface area contributed by atoms with Gasteiger partial charge in [0.2, 0.25) is 10.0 Å². The predicted molar refractivity (Wildman–Crippen MR) is 81.8 cm³/mol. The van der Waals surface area contributed by atoms with Crippen LogP contribution in [0.4, 0.5) is 11.4 Å². The summed E-state index contributed by atoms with van der Waals surface area (Å²) in [4.78, 5) is 0.0476. The Morgan fingerprint density at radius 2 is 2.05 bits per heavy atom. The van der Waals surface area contributed by atoms with Crippen LogP contribution in [-0.2, 0) is 10.0 Å². The summed E-state index contributed by atoms with van der Waals surface area (Å²) in [6, 6.07) is 4.99. The molecule has 3 unspecified atom stereocenters. The first-order valence-electron chi connectivity index (χ1n) is 7.01. The van der Waals surface area contributed by atoms with Gasteiger partial charge in [-0.3, -0.25) is 0 Å². The number of nitrogens with two attached hydrogens (primary N) is 2. The van der Waals surface area contributed by atoms with Gasteiger partial charge in [-0.15, -0.1) is 0 Å². The van der Waals surface area contributed by atoms with Crippen LogP contribution in [-0.4, -0.2) is 14.5 Å². The summed E-state index contributed by atoms with van der Waals surface area (Å²) in [5.41, 5.74) is 7.13. The maximum Gasteiger partial charge on any atom is 0.238 e. The fourth-order valence-electron chi connectivity index (χ4n) is 3.08. The van der Waals surface area contributed by atoms with E-state index in [9.17, 15) is 8.42 Å². The van der Waals surface area contributed by atoms with Crippen molar-refractivity contribution in [3.63, 3.8) is 0 Å². The second kappa shape index (κ2) is 5.61. The van der Waals surface area contributed by atoms with Crippen LogP contribution in [0.2, 0.25) is 0 Å². The SMILES string of the molecule is CCC1CCC(Nc2ccc(S(N)(=O)=O)cc2N)C1C. The molecular weight excluding hydrogens is 274 g/mol. The van der Waals surface area contributed by atoms with Crippen LogP contribution in [0, 0.1) is 11.8 Å². The van der Waals surface area contributed by atoms with Crippen molar-refractivity contribution in [1.82, 2.24) is 0 Å². The van der Waals surface area contributed by atoms with Gasteiger partial charge in [0.25, 0.3) is 0 Å². The fourth-order valence-corrected chi connectivity index (χ4v) is 3.63. The van der Waals surface area contributed by atoms with Gasteiger partial charge in [0.1, 0.15) is 0 Å². The Balaban J connectivity index is 2.15. The molecule has 112 valence electrons. The average Bonchev–Trinajstić information content (AvgIpc) is 2.71. The third-order valence-electron chi connectivity index (χ3n) is 4.44. The second-order valence-corrected chi connectivity index (χ2v) is 7.21. The third-order valence-corrected chi connectivity index (χ3v) is 5.35. The number of nitrogen functional groups attached to an aromatic ring is 1.